The van der Waals surface area contributed by atoms with Gasteiger partial charge in [0.05, 0.1) is 13.8 Å². The van der Waals surface area contributed by atoms with E-state index < -0.39 is 14.0 Å². The highest BCUT2D eigenvalue weighted by Gasteiger charge is 2.25. The van der Waals surface area contributed by atoms with Gasteiger partial charge in [-0.05, 0) is 36.6 Å². The third-order valence-electron chi connectivity index (χ3n) is 5.10. The Labute approximate surface area is 173 Å². The monoisotopic (exact) mass is 413 g/mol. The van der Waals surface area contributed by atoms with E-state index in [9.17, 15) is 4.79 Å². The largest absolute Gasteiger partial charge is 0.296 e. The molecule has 2 N–H and O–H groups in total. The van der Waals surface area contributed by atoms with Crippen molar-refractivity contribution in [3.8, 4) is 0 Å². The molecular weight excluding hydrogens is 382 g/mol. The van der Waals surface area contributed by atoms with E-state index in [1.165, 1.54) is 18.1 Å². The van der Waals surface area contributed by atoms with Crippen LogP contribution in [0.2, 0.25) is 19.6 Å². The molecule has 1 aromatic heterocycles. The number of amides is 1. The lowest BCUT2D eigenvalue weighted by Crippen LogP contribution is -2.28. The summed E-state index contributed by atoms with van der Waals surface area (Å²) in [6.07, 6.45) is 9.38. The summed E-state index contributed by atoms with van der Waals surface area (Å²) in [6.45, 7) is 9.10. The van der Waals surface area contributed by atoms with Gasteiger partial charge in [0.25, 0.3) is 5.91 Å². The zero-order chi connectivity index (χ0) is 20.9. The van der Waals surface area contributed by atoms with Gasteiger partial charge in [-0.15, -0.1) is 5.10 Å². The van der Waals surface area contributed by atoms with Crippen LogP contribution in [0, 0.1) is 0 Å². The second kappa shape index (κ2) is 9.47. The molecule has 0 saturated carbocycles. The second-order valence-electron chi connectivity index (χ2n) is 8.89. The highest BCUT2D eigenvalue weighted by atomic mass is 28.3. The molecule has 0 spiro atoms. The third kappa shape index (κ3) is 6.35. The van der Waals surface area contributed by atoms with Crippen LogP contribution in [0.3, 0.4) is 0 Å². The Morgan fingerprint density at radius 1 is 1.31 bits per heavy atom. The second-order valence-corrected chi connectivity index (χ2v) is 14.3. The van der Waals surface area contributed by atoms with Gasteiger partial charge in [0.1, 0.15) is 0 Å². The summed E-state index contributed by atoms with van der Waals surface area (Å²) in [4.78, 5) is 13.6. The van der Waals surface area contributed by atoms with Crippen molar-refractivity contribution in [2.75, 3.05) is 13.1 Å². The average molecular weight is 414 g/mol. The van der Waals surface area contributed by atoms with Crippen LogP contribution in [0.5, 0.6) is 0 Å². The summed E-state index contributed by atoms with van der Waals surface area (Å²) in [7, 11) is -1.20. The van der Waals surface area contributed by atoms with Crippen LogP contribution in [0.15, 0.2) is 36.5 Å². The van der Waals surface area contributed by atoms with Crippen molar-refractivity contribution in [1.82, 2.24) is 25.4 Å². The normalized spacial score (nSPS) is 17.9. The fourth-order valence-corrected chi connectivity index (χ4v) is 4.91. The Balaban J connectivity index is 1.57. The summed E-state index contributed by atoms with van der Waals surface area (Å²) >= 11 is 0. The van der Waals surface area contributed by atoms with Crippen molar-refractivity contribution in [1.29, 1.82) is 0 Å². The molecule has 2 aromatic rings. The topological polar surface area (TPSA) is 83.3 Å². The predicted octanol–water partition coefficient (Wildman–Crippen LogP) is 3.05. The quantitative estimate of drug-likeness (QED) is 0.301. The Kier molecular flexibility index (Phi) is 6.99. The molecule has 1 amide bonds. The summed E-state index contributed by atoms with van der Waals surface area (Å²) in [5, 5.41) is 17.2. The number of hydroxylamine groups is 1. The molecule has 0 radical (unpaired) electrons. The fraction of sp³-hybridized carbons (Fsp3) is 0.476. The molecule has 7 nitrogen and oxygen atoms in total. The molecule has 0 unspecified atom stereocenters. The highest BCUT2D eigenvalue weighted by Crippen LogP contribution is 2.32. The average Bonchev–Trinajstić information content (AvgIpc) is 3.32. The number of hydrogen-bond donors (Lipinski definition) is 2. The maximum Gasteiger partial charge on any atom is 0.267 e. The molecule has 1 fully saturated rings. The van der Waals surface area contributed by atoms with Crippen molar-refractivity contribution in [2.24, 2.45) is 0 Å². The first kappa shape index (κ1) is 21.4. The Morgan fingerprint density at radius 2 is 2.07 bits per heavy atom. The number of rotatable bonds is 8. The minimum Gasteiger partial charge on any atom is -0.296 e. The molecular formula is C21H31N5O2Si. The molecule has 1 atom stereocenters. The van der Waals surface area contributed by atoms with Crippen molar-refractivity contribution >= 4 is 20.1 Å². The van der Waals surface area contributed by atoms with Gasteiger partial charge in [0.2, 0.25) is 0 Å². The van der Waals surface area contributed by atoms with Crippen molar-refractivity contribution in [3.63, 3.8) is 0 Å². The van der Waals surface area contributed by atoms with E-state index in [2.05, 4.69) is 53.2 Å². The van der Waals surface area contributed by atoms with E-state index in [1.54, 1.807) is 11.6 Å². The summed E-state index contributed by atoms with van der Waals surface area (Å²) < 4.78 is 2.01. The van der Waals surface area contributed by atoms with Gasteiger partial charge >= 0.3 is 0 Å². The van der Waals surface area contributed by atoms with E-state index in [1.807, 2.05) is 16.8 Å². The van der Waals surface area contributed by atoms with Crippen LogP contribution in [0.4, 0.5) is 0 Å². The number of benzene rings is 1. The predicted molar refractivity (Wildman–Crippen MR) is 116 cm³/mol. The lowest BCUT2D eigenvalue weighted by molar-refractivity contribution is -0.124. The van der Waals surface area contributed by atoms with E-state index in [4.69, 9.17) is 5.21 Å². The molecule has 1 aromatic carbocycles. The standard InChI is InChI=1S/C21H31N5O2Si/c1-29(2,3)16-26-15-19(22-24-26)12-14-25-13-4-5-20(25)18-9-6-17(7-10-18)8-11-21(27)23-28/h6-11,15,20,28H,4-5,12-14,16H2,1-3H3,(H,23,27)/t20-/m0/s1. The lowest BCUT2D eigenvalue weighted by atomic mass is 10.0. The zero-order valence-corrected chi connectivity index (χ0v) is 18.5. The van der Waals surface area contributed by atoms with E-state index in [0.717, 1.165) is 43.4 Å². The highest BCUT2D eigenvalue weighted by molar-refractivity contribution is 6.74. The number of carbonyl (C=O) groups excluding carboxylic acids is 1. The van der Waals surface area contributed by atoms with Gasteiger partial charge < -0.3 is 0 Å². The molecule has 2 heterocycles. The lowest BCUT2D eigenvalue weighted by Gasteiger charge is -2.24. The first-order chi connectivity index (χ1) is 13.8. The van der Waals surface area contributed by atoms with Crippen LogP contribution in [-0.2, 0) is 17.4 Å². The van der Waals surface area contributed by atoms with Gasteiger partial charge in [0.15, 0.2) is 0 Å². The Bertz CT molecular complexity index is 842. The van der Waals surface area contributed by atoms with E-state index in [0.29, 0.717) is 6.04 Å². The van der Waals surface area contributed by atoms with Gasteiger partial charge in [-0.1, -0.05) is 49.1 Å². The number of hydrogen-bond acceptors (Lipinski definition) is 5. The number of nitrogens with zero attached hydrogens (tertiary/aromatic N) is 4. The minimum absolute atomic E-state index is 0.422. The number of aromatic nitrogens is 3. The zero-order valence-electron chi connectivity index (χ0n) is 17.5. The fourth-order valence-electron chi connectivity index (χ4n) is 3.78. The molecule has 1 aliphatic rings. The van der Waals surface area contributed by atoms with Crippen LogP contribution < -0.4 is 5.48 Å². The Hall–Kier alpha value is -2.29. The third-order valence-corrected chi connectivity index (χ3v) is 6.37. The molecule has 29 heavy (non-hydrogen) atoms. The molecule has 0 bridgehead atoms. The smallest absolute Gasteiger partial charge is 0.267 e. The molecule has 1 aliphatic heterocycles. The van der Waals surface area contributed by atoms with Gasteiger partial charge in [-0.2, -0.15) is 0 Å². The van der Waals surface area contributed by atoms with E-state index >= 15 is 0 Å². The van der Waals surface area contributed by atoms with E-state index in [-0.39, 0.29) is 0 Å². The van der Waals surface area contributed by atoms with Crippen molar-refractivity contribution in [2.45, 2.75) is 51.1 Å². The molecule has 8 heteroatoms. The first-order valence-corrected chi connectivity index (χ1v) is 13.9. The summed E-state index contributed by atoms with van der Waals surface area (Å²) in [5.41, 5.74) is 4.89. The number of carbonyl (C=O) groups is 1. The van der Waals surface area contributed by atoms with Gasteiger partial charge in [0, 0.05) is 37.4 Å². The molecule has 1 saturated heterocycles. The van der Waals surface area contributed by atoms with Crippen LogP contribution in [-0.4, -0.2) is 52.2 Å². The van der Waals surface area contributed by atoms with Crippen LogP contribution >= 0.6 is 0 Å². The van der Waals surface area contributed by atoms with Crippen molar-refractivity contribution in [3.05, 3.63) is 53.4 Å². The van der Waals surface area contributed by atoms with Crippen molar-refractivity contribution < 1.29 is 10.0 Å². The summed E-state index contributed by atoms with van der Waals surface area (Å²) in [5.74, 6) is -0.530. The minimum atomic E-state index is -1.20. The molecule has 3 rings (SSSR count). The maximum atomic E-state index is 11.1. The maximum absolute atomic E-state index is 11.1. The van der Waals surface area contributed by atoms with Gasteiger partial charge in [-0.3, -0.25) is 19.6 Å². The first-order valence-electron chi connectivity index (χ1n) is 10.2. The molecule has 0 aliphatic carbocycles. The van der Waals surface area contributed by atoms with Gasteiger partial charge in [-0.25, -0.2) is 5.48 Å². The summed E-state index contributed by atoms with van der Waals surface area (Å²) in [6, 6.07) is 8.70. The molecule has 156 valence electrons. The number of likely N-dealkylation sites (tertiary alicyclic amines) is 1. The van der Waals surface area contributed by atoms with Crippen LogP contribution in [0.25, 0.3) is 6.08 Å². The Morgan fingerprint density at radius 3 is 2.76 bits per heavy atom. The van der Waals surface area contributed by atoms with Crippen LogP contribution in [0.1, 0.15) is 35.7 Å². The SMILES string of the molecule is C[Si](C)(C)Cn1cc(CCN2CCC[C@H]2c2ccc(C=CC(=O)NO)cc2)nn1. The number of nitrogens with one attached hydrogen (secondary N) is 1.